The third-order valence-corrected chi connectivity index (χ3v) is 0.707. The Labute approximate surface area is 696 Å². The van der Waals surface area contributed by atoms with E-state index < -0.39 is 89.5 Å². The van der Waals surface area contributed by atoms with E-state index in [4.69, 9.17) is 149 Å². The van der Waals surface area contributed by atoms with Gasteiger partial charge in [0.25, 0.3) is 0 Å². The van der Waals surface area contributed by atoms with Crippen LogP contribution >= 0.6 is 0 Å². The van der Waals surface area contributed by atoms with Crippen molar-refractivity contribution >= 4 is 237 Å². The van der Waals surface area contributed by atoms with E-state index >= 15 is 0 Å². The van der Waals surface area contributed by atoms with Crippen molar-refractivity contribution in [2.24, 2.45) is 0 Å². The van der Waals surface area contributed by atoms with Gasteiger partial charge >= 0.3 is 233 Å². The molecule has 39 nitrogen and oxygen atoms in total. The molecule has 91 heavy (non-hydrogen) atoms. The first kappa shape index (κ1) is 228. The first-order valence-corrected chi connectivity index (χ1v) is 17.8. The Morgan fingerprint density at radius 1 is 0.187 bits per heavy atom. The maximum atomic E-state index is 8.89. The molecule has 0 aromatic rings. The summed E-state index contributed by atoms with van der Waals surface area (Å²) >= 11 is 0. The van der Waals surface area contributed by atoms with Gasteiger partial charge in [-0.2, -0.15) is 0 Å². The second-order valence-electron chi connectivity index (χ2n) is 9.10. The molecule has 49 heteroatoms. The van der Waals surface area contributed by atoms with Gasteiger partial charge in [0.15, 0.2) is 0 Å². The van der Waals surface area contributed by atoms with Crippen LogP contribution in [0.4, 0.5) is 0 Å². The number of carbonyl (C=O) groups is 15. The molecule has 0 aliphatic heterocycles. The van der Waals surface area contributed by atoms with Crippen molar-refractivity contribution in [3.8, 4) is 0 Å². The summed E-state index contributed by atoms with van der Waals surface area (Å²) in [7, 11) is 0. The summed E-state index contributed by atoms with van der Waals surface area (Å²) in [5.74, 6) is -16.3. The van der Waals surface area contributed by atoms with Crippen LogP contribution in [0.15, 0.2) is 76.7 Å². The Hall–Kier alpha value is -2.75. The molecule has 527 valence electrons. The number of nitrogens with one attached hydrogen (secondary N) is 3. The summed E-state index contributed by atoms with van der Waals surface area (Å²) in [5, 5.41) is 141. The van der Waals surface area contributed by atoms with Crippen molar-refractivity contribution in [3.05, 3.63) is 76.7 Å². The van der Waals surface area contributed by atoms with E-state index in [-0.39, 0.29) is 270 Å². The second-order valence-corrected chi connectivity index (χ2v) is 9.10. The van der Waals surface area contributed by atoms with Crippen LogP contribution < -0.4 is 129 Å². The summed E-state index contributed by atoms with van der Waals surface area (Å²) in [6, 6.07) is 0. The van der Waals surface area contributed by atoms with Gasteiger partial charge in [0.05, 0.1) is 0 Å². The second kappa shape index (κ2) is 247. The predicted molar refractivity (Wildman–Crippen MR) is 297 cm³/mol. The molecular weight excluding hydrogens is 1500 g/mol. The molecule has 0 bridgehead atoms. The third-order valence-electron chi connectivity index (χ3n) is 0.707. The summed E-state index contributed by atoms with van der Waals surface area (Å²) < 4.78 is 0. The fourth-order valence-corrected chi connectivity index (χ4v) is 0.250. The van der Waals surface area contributed by atoms with Crippen molar-refractivity contribution in [1.82, 2.24) is 52.9 Å². The van der Waals surface area contributed by atoms with Gasteiger partial charge < -0.3 is 201 Å². The molecule has 0 saturated heterocycles. The Bertz CT molecular complexity index is 1140. The van der Waals surface area contributed by atoms with Gasteiger partial charge in [-0.3, -0.25) is 0 Å². The zero-order valence-electron chi connectivity index (χ0n) is 50.0. The van der Waals surface area contributed by atoms with E-state index in [1.165, 1.54) is 0 Å². The molecular formula is C42H89Fe5N9Na5O30. The molecule has 5 radical (unpaired) electrons. The molecule has 0 unspecified atom stereocenters. The van der Waals surface area contributed by atoms with Gasteiger partial charge in [-0.15, -0.1) is 0 Å². The summed E-state index contributed by atoms with van der Waals surface area (Å²) in [5.41, 5.74) is 0. The number of carbonyl (C=O) groups excluding carboxylic acids is 15. The van der Waals surface area contributed by atoms with Gasteiger partial charge in [0.2, 0.25) is 0 Å². The van der Waals surface area contributed by atoms with E-state index in [9.17, 15) is 0 Å². The van der Waals surface area contributed by atoms with Crippen LogP contribution in [0.1, 0.15) is 104 Å². The first-order valence-electron chi connectivity index (χ1n) is 17.8. The molecule has 21 N–H and O–H groups in total. The molecule has 0 saturated carbocycles. The van der Waals surface area contributed by atoms with E-state index in [1.807, 2.05) is 0 Å². The van der Waals surface area contributed by atoms with Crippen LogP contribution in [0.3, 0.4) is 0 Å². The van der Waals surface area contributed by atoms with E-state index in [0.717, 1.165) is 104 Å². The molecule has 0 rings (SSSR count). The zero-order valence-corrected chi connectivity index (χ0v) is 55.5. The first-order chi connectivity index (χ1) is 33.2. The summed E-state index contributed by atoms with van der Waals surface area (Å²) in [6.07, 6.45) is 9.38. The Morgan fingerprint density at radius 3 is 0.209 bits per heavy atom. The van der Waals surface area contributed by atoms with E-state index in [2.05, 4.69) is 55.4 Å². The Kier molecular flexibility index (Phi) is 620. The van der Waals surface area contributed by atoms with Crippen LogP contribution in [0.2, 0.25) is 0 Å². The predicted octanol–water partition coefficient (Wildman–Crippen LogP) is -18.4. The SMILES string of the molecule is C=CNC=C.C=CNC=C.C=CNC=C.CC(=O)[O-].CC(=O)[O-].CC(=O)[O-].CC(=O)[O-].CC(=O)[O-].CC(=O)[O-].CC(=O)[O-].CC(=O)[O-].CC(=O)[O-].CC(=O)[O-].CC(=O)[O-].CC(=O)[O-].CC(=O)[O-].CC(=O)[O-].CC(=O)[O-].N.N.N.N.N.N.[Fe+3].[Fe+3].[Fe+3].[Fe+3].[Fe+3].[NaH].[NaH].[NaH].[NaH].[NaH]. The Morgan fingerprint density at radius 2 is 0.209 bits per heavy atom. The van der Waals surface area contributed by atoms with E-state index in [1.54, 1.807) is 37.2 Å². The normalized spacial score (nSPS) is 5.04. The van der Waals surface area contributed by atoms with E-state index in [0.29, 0.717) is 0 Å². The Balaban J connectivity index is -0.0000000117. The number of hydrogen-bond donors (Lipinski definition) is 9. The van der Waals surface area contributed by atoms with Gasteiger partial charge in [-0.25, -0.2) is 0 Å². The standard InChI is InChI=1S/3C4H7N.15C2H4O2.5Fe.6H3N.5Na.5H/c3*1-3-5-4-2;15*1-2(3)4;;;;;;;;;;;;;;;;;;;;;/h3*3-5H,1-2H2;15*1H3,(H,3,4);;;;;;6*1H3;;;;;;;;;;/q;;;;;;;;;;;;;;;;;;5*+3;;;;;;;;;;;;;;;;/p-15. The summed E-state index contributed by atoms with van der Waals surface area (Å²) in [4.78, 5) is 133. The molecule has 0 atom stereocenters. The number of carboxylic acid groups (broad SMARTS) is 15. The van der Waals surface area contributed by atoms with Crippen molar-refractivity contribution in [3.63, 3.8) is 0 Å². The monoisotopic (exact) mass is 1590 g/mol. The van der Waals surface area contributed by atoms with Crippen LogP contribution in [0.5, 0.6) is 0 Å². The molecule has 0 fully saturated rings. The van der Waals surface area contributed by atoms with Gasteiger partial charge in [0.1, 0.15) is 0 Å². The third kappa shape index (κ3) is 60100. The molecule has 0 aromatic carbocycles. The fraction of sp³-hybridized carbons (Fsp3) is 0.357. The number of rotatable bonds is 6. The average molecular weight is 1590 g/mol. The van der Waals surface area contributed by atoms with Crippen LogP contribution in [0, 0.1) is 0 Å². The minimum atomic E-state index is -1.08. The maximum absolute atomic E-state index is 8.89. The van der Waals surface area contributed by atoms with Crippen LogP contribution in [-0.2, 0) is 157 Å². The fourth-order valence-electron chi connectivity index (χ4n) is 0.250. The molecule has 0 spiro atoms. The summed E-state index contributed by atoms with van der Waals surface area (Å²) in [6.45, 7) is 34.8. The van der Waals surface area contributed by atoms with Crippen molar-refractivity contribution in [2.45, 2.75) is 104 Å². The van der Waals surface area contributed by atoms with Gasteiger partial charge in [-0.05, 0) is 141 Å². The van der Waals surface area contributed by atoms with Gasteiger partial charge in [-0.1, -0.05) is 39.5 Å². The number of aliphatic carboxylic acids is 15. The molecule has 0 heterocycles. The average Bonchev–Trinajstić information content (AvgIpc) is 3.06. The molecule has 0 aliphatic rings. The van der Waals surface area contributed by atoms with Crippen molar-refractivity contribution in [1.29, 1.82) is 0 Å². The van der Waals surface area contributed by atoms with Crippen LogP contribution in [-0.4, -0.2) is 237 Å². The zero-order chi connectivity index (χ0) is 66.0. The van der Waals surface area contributed by atoms with Crippen LogP contribution in [0.25, 0.3) is 0 Å². The minimum absolute atomic E-state index is 0. The van der Waals surface area contributed by atoms with Crippen molar-refractivity contribution in [2.75, 3.05) is 0 Å². The topological polar surface area (TPSA) is 848 Å². The molecule has 0 aliphatic carbocycles. The number of hydrogen-bond acceptors (Lipinski definition) is 39. The number of carboxylic acids is 15. The van der Waals surface area contributed by atoms with Gasteiger partial charge in [0, 0.05) is 89.5 Å². The molecule has 0 aromatic heterocycles. The quantitative estimate of drug-likeness (QED) is 0.112. The van der Waals surface area contributed by atoms with Crippen molar-refractivity contribution < 1.29 is 234 Å². The molecule has 0 amide bonds.